The Balaban J connectivity index is 1.42. The van der Waals surface area contributed by atoms with Crippen LogP contribution in [0.15, 0.2) is 48.5 Å². The van der Waals surface area contributed by atoms with Crippen molar-refractivity contribution in [1.29, 1.82) is 0 Å². The molecule has 1 aliphatic carbocycles. The van der Waals surface area contributed by atoms with Crippen molar-refractivity contribution < 1.29 is 27.5 Å². The third kappa shape index (κ3) is 3.56. The Bertz CT molecular complexity index is 1040. The second-order valence-electron chi connectivity index (χ2n) is 8.69. The van der Waals surface area contributed by atoms with Gasteiger partial charge in [-0.25, -0.2) is 0 Å². The van der Waals surface area contributed by atoms with Gasteiger partial charge in [0.1, 0.15) is 6.04 Å². The number of nitrogens with zero attached hydrogens (tertiary/aromatic N) is 1. The number of rotatable bonds is 4. The van der Waals surface area contributed by atoms with Crippen molar-refractivity contribution in [3.8, 4) is 0 Å². The molecule has 2 amide bonds. The number of benzene rings is 2. The van der Waals surface area contributed by atoms with Crippen LogP contribution in [-0.2, 0) is 21.2 Å². The number of hydrogen-bond donors (Lipinski definition) is 1. The Morgan fingerprint density at radius 3 is 2.31 bits per heavy atom. The number of amides is 2. The highest BCUT2D eigenvalue weighted by molar-refractivity contribution is 6.05. The minimum Gasteiger partial charge on any atom is -0.381 e. The number of halogens is 3. The van der Waals surface area contributed by atoms with Crippen molar-refractivity contribution in [3.05, 3.63) is 70.8 Å². The molecule has 1 atom stereocenters. The summed E-state index contributed by atoms with van der Waals surface area (Å²) in [5.41, 5.74) is 0.435. The number of carbonyl (C=O) groups is 2. The average Bonchev–Trinajstić information content (AvgIpc) is 3.51. The molecule has 8 heteroatoms. The van der Waals surface area contributed by atoms with Crippen LogP contribution < -0.4 is 5.32 Å². The van der Waals surface area contributed by atoms with Gasteiger partial charge in [0.15, 0.2) is 0 Å². The zero-order valence-corrected chi connectivity index (χ0v) is 17.3. The van der Waals surface area contributed by atoms with Crippen molar-refractivity contribution in [2.75, 3.05) is 13.2 Å². The first-order valence-corrected chi connectivity index (χ1v) is 10.8. The smallest absolute Gasteiger partial charge is 0.381 e. The van der Waals surface area contributed by atoms with Crippen LogP contribution in [0.25, 0.3) is 0 Å². The van der Waals surface area contributed by atoms with Gasteiger partial charge in [0.25, 0.3) is 5.91 Å². The molecule has 1 saturated carbocycles. The molecule has 1 N–H and O–H groups in total. The molecule has 5 rings (SSSR count). The highest BCUT2D eigenvalue weighted by Gasteiger charge is 2.50. The summed E-state index contributed by atoms with van der Waals surface area (Å²) in [6, 6.07) is 11.2. The molecule has 2 heterocycles. The van der Waals surface area contributed by atoms with E-state index in [4.69, 9.17) is 4.74 Å². The maximum absolute atomic E-state index is 13.5. The molecule has 32 heavy (non-hydrogen) atoms. The predicted octanol–water partition coefficient (Wildman–Crippen LogP) is 4.19. The lowest BCUT2D eigenvalue weighted by Crippen LogP contribution is -2.48. The topological polar surface area (TPSA) is 58.6 Å². The van der Waals surface area contributed by atoms with Gasteiger partial charge in [0, 0.05) is 24.8 Å². The van der Waals surface area contributed by atoms with E-state index in [2.05, 4.69) is 5.32 Å². The van der Waals surface area contributed by atoms with Crippen molar-refractivity contribution >= 4 is 11.8 Å². The molecule has 168 valence electrons. The van der Waals surface area contributed by atoms with Gasteiger partial charge < -0.3 is 15.0 Å². The molecular formula is C24H23F3N2O3. The Kier molecular flexibility index (Phi) is 5.00. The molecule has 5 nitrogen and oxygen atoms in total. The average molecular weight is 444 g/mol. The van der Waals surface area contributed by atoms with Gasteiger partial charge in [0.2, 0.25) is 5.91 Å². The van der Waals surface area contributed by atoms with E-state index >= 15 is 0 Å². The number of carbonyl (C=O) groups excluding carboxylic acids is 2. The van der Waals surface area contributed by atoms with Crippen LogP contribution in [0.2, 0.25) is 0 Å². The second-order valence-corrected chi connectivity index (χ2v) is 8.69. The van der Waals surface area contributed by atoms with E-state index in [1.165, 1.54) is 12.1 Å². The summed E-state index contributed by atoms with van der Waals surface area (Å²) in [6.45, 7) is 1.07. The fourth-order valence-corrected chi connectivity index (χ4v) is 4.84. The van der Waals surface area contributed by atoms with Crippen LogP contribution in [0, 0.1) is 0 Å². The van der Waals surface area contributed by atoms with Gasteiger partial charge in [-0.05, 0) is 55.0 Å². The maximum Gasteiger partial charge on any atom is 0.416 e. The number of alkyl halides is 3. The van der Waals surface area contributed by atoms with Crippen LogP contribution in [-0.4, -0.2) is 36.0 Å². The molecule has 0 spiro atoms. The number of ether oxygens (including phenoxy) is 1. The van der Waals surface area contributed by atoms with E-state index < -0.39 is 23.3 Å². The quantitative estimate of drug-likeness (QED) is 0.770. The van der Waals surface area contributed by atoms with Crippen molar-refractivity contribution in [3.63, 3.8) is 0 Å². The van der Waals surface area contributed by atoms with Crippen molar-refractivity contribution in [2.24, 2.45) is 0 Å². The molecule has 2 fully saturated rings. The Morgan fingerprint density at radius 2 is 1.69 bits per heavy atom. The third-order valence-corrected chi connectivity index (χ3v) is 6.71. The van der Waals surface area contributed by atoms with Crippen LogP contribution in [0.4, 0.5) is 13.2 Å². The molecule has 3 aliphatic rings. The van der Waals surface area contributed by atoms with E-state index in [1.54, 1.807) is 23.1 Å². The van der Waals surface area contributed by atoms with Crippen LogP contribution in [0.1, 0.15) is 58.8 Å². The van der Waals surface area contributed by atoms with Crippen LogP contribution >= 0.6 is 0 Å². The summed E-state index contributed by atoms with van der Waals surface area (Å²) in [5.74, 6) is -0.459. The van der Waals surface area contributed by atoms with Gasteiger partial charge in [0.05, 0.1) is 11.1 Å². The van der Waals surface area contributed by atoms with Gasteiger partial charge in [-0.3, -0.25) is 9.59 Å². The normalized spacial score (nSPS) is 22.5. The zero-order valence-electron chi connectivity index (χ0n) is 17.3. The number of hydrogen-bond acceptors (Lipinski definition) is 3. The minimum absolute atomic E-state index is 0.0966. The summed E-state index contributed by atoms with van der Waals surface area (Å²) >= 11 is 0. The summed E-state index contributed by atoms with van der Waals surface area (Å²) in [5, 5.41) is 3.07. The number of nitrogens with one attached hydrogen (secondary N) is 1. The summed E-state index contributed by atoms with van der Waals surface area (Å²) < 4.78 is 44.2. The summed E-state index contributed by atoms with van der Waals surface area (Å²) in [6.07, 6.45) is -1.80. The molecular weight excluding hydrogens is 421 g/mol. The van der Waals surface area contributed by atoms with Crippen molar-refractivity contribution in [1.82, 2.24) is 10.2 Å². The fraction of sp³-hybridized carbons (Fsp3) is 0.417. The monoisotopic (exact) mass is 444 g/mol. The minimum atomic E-state index is -4.41. The lowest BCUT2D eigenvalue weighted by molar-refractivity contribution is -0.137. The van der Waals surface area contributed by atoms with E-state index in [9.17, 15) is 22.8 Å². The Morgan fingerprint density at radius 1 is 1.03 bits per heavy atom. The van der Waals surface area contributed by atoms with E-state index in [1.807, 2.05) is 6.07 Å². The summed E-state index contributed by atoms with van der Waals surface area (Å²) in [7, 11) is 0. The van der Waals surface area contributed by atoms with Crippen molar-refractivity contribution in [2.45, 2.75) is 49.5 Å². The molecule has 2 aliphatic heterocycles. The van der Waals surface area contributed by atoms with E-state index in [0.717, 1.165) is 12.1 Å². The SMILES string of the molecule is O=C(NC1(c2ccc(C(F)(F)F)cc2)CC1)C1c2ccccc2C(=O)N1C1CCOCC1. The summed E-state index contributed by atoms with van der Waals surface area (Å²) in [4.78, 5) is 28.4. The Labute approximate surface area is 183 Å². The van der Waals surface area contributed by atoms with Gasteiger partial charge in [-0.2, -0.15) is 13.2 Å². The first-order valence-electron chi connectivity index (χ1n) is 10.8. The largest absolute Gasteiger partial charge is 0.416 e. The molecule has 2 aromatic carbocycles. The van der Waals surface area contributed by atoms with Crippen LogP contribution in [0.5, 0.6) is 0 Å². The molecule has 0 radical (unpaired) electrons. The maximum atomic E-state index is 13.5. The highest BCUT2D eigenvalue weighted by atomic mass is 19.4. The molecule has 1 unspecified atom stereocenters. The predicted molar refractivity (Wildman–Crippen MR) is 110 cm³/mol. The molecule has 0 aromatic heterocycles. The van der Waals surface area contributed by atoms with Gasteiger partial charge in [-0.1, -0.05) is 30.3 Å². The number of fused-ring (bicyclic) bond motifs is 1. The van der Waals surface area contributed by atoms with Crippen LogP contribution in [0.3, 0.4) is 0 Å². The lowest BCUT2D eigenvalue weighted by Gasteiger charge is -2.36. The van der Waals surface area contributed by atoms with Gasteiger partial charge >= 0.3 is 6.18 Å². The van der Waals surface area contributed by atoms with E-state index in [0.29, 0.717) is 55.6 Å². The lowest BCUT2D eigenvalue weighted by atomic mass is 9.99. The second kappa shape index (κ2) is 7.62. The highest BCUT2D eigenvalue weighted by Crippen LogP contribution is 2.47. The zero-order chi connectivity index (χ0) is 22.5. The fourth-order valence-electron chi connectivity index (χ4n) is 4.84. The molecule has 2 aromatic rings. The third-order valence-electron chi connectivity index (χ3n) is 6.71. The Hall–Kier alpha value is -2.87. The molecule has 0 bridgehead atoms. The van der Waals surface area contributed by atoms with Gasteiger partial charge in [-0.15, -0.1) is 0 Å². The molecule has 1 saturated heterocycles. The van der Waals surface area contributed by atoms with E-state index in [-0.39, 0.29) is 17.9 Å². The standard InChI is InChI=1S/C24H23F3N2O3/c25-24(26,27)16-7-5-15(6-8-16)23(11-12-23)28-21(30)20-18-3-1-2-4-19(18)22(31)29(20)17-9-13-32-14-10-17/h1-8,17,20H,9-14H2,(H,28,30). The first-order chi connectivity index (χ1) is 15.3. The first kappa shape index (κ1) is 21.0.